The van der Waals surface area contributed by atoms with Gasteiger partial charge in [-0.15, -0.1) is 0 Å². The molecule has 0 spiro atoms. The van der Waals surface area contributed by atoms with Gasteiger partial charge in [-0.3, -0.25) is 0 Å². The Morgan fingerprint density at radius 1 is 1.11 bits per heavy atom. The van der Waals surface area contributed by atoms with E-state index in [-0.39, 0.29) is 5.82 Å². The third kappa shape index (κ3) is 4.07. The van der Waals surface area contributed by atoms with Crippen LogP contribution in [0.5, 0.6) is 0 Å². The summed E-state index contributed by atoms with van der Waals surface area (Å²) in [5.41, 5.74) is 1.17. The van der Waals surface area contributed by atoms with E-state index in [1.807, 2.05) is 0 Å². The molecule has 6 heteroatoms. The molecule has 0 radical (unpaired) electrons. The fourth-order valence-electron chi connectivity index (χ4n) is 1.41. The topological polar surface area (TPSA) is 41.1 Å². The normalized spacial score (nSPS) is 10.1. The molecule has 2 aromatic carbocycles. The smallest absolute Gasteiger partial charge is 0.308 e. The van der Waals surface area contributed by atoms with E-state index in [2.05, 4.69) is 33.2 Å². The maximum atomic E-state index is 12.7. The van der Waals surface area contributed by atoms with E-state index < -0.39 is 6.03 Å². The first-order valence-electron chi connectivity index (χ1n) is 5.33. The summed E-state index contributed by atoms with van der Waals surface area (Å²) < 4.78 is 13.6. The highest BCUT2D eigenvalue weighted by atomic mass is 127. The van der Waals surface area contributed by atoms with Crippen molar-refractivity contribution >= 4 is 51.6 Å². The largest absolute Gasteiger partial charge is 0.323 e. The molecule has 2 rings (SSSR count). The van der Waals surface area contributed by atoms with Gasteiger partial charge in [0.15, 0.2) is 0 Å². The maximum absolute atomic E-state index is 12.7. The summed E-state index contributed by atoms with van der Waals surface area (Å²) in [5.74, 6) is -0.349. The Morgan fingerprint density at radius 3 is 2.42 bits per heavy atom. The summed E-state index contributed by atoms with van der Waals surface area (Å²) in [7, 11) is 0. The third-order valence-electron chi connectivity index (χ3n) is 2.28. The van der Waals surface area contributed by atoms with E-state index >= 15 is 0 Å². The molecule has 2 N–H and O–H groups in total. The summed E-state index contributed by atoms with van der Waals surface area (Å²) in [6.45, 7) is 0. The number of carbonyl (C=O) groups excluding carboxylic acids is 1. The van der Waals surface area contributed by atoms with Crippen molar-refractivity contribution in [1.29, 1.82) is 0 Å². The third-order valence-corrected chi connectivity index (χ3v) is 3.41. The quantitative estimate of drug-likeness (QED) is 0.715. The Balaban J connectivity index is 2.03. The molecule has 0 unspecified atom stereocenters. The minimum atomic E-state index is -0.396. The predicted octanol–water partition coefficient (Wildman–Crippen LogP) is 4.73. The van der Waals surface area contributed by atoms with E-state index in [9.17, 15) is 9.18 Å². The molecule has 0 aliphatic rings. The number of hydrogen-bond donors (Lipinski definition) is 2. The Bertz CT molecular complexity index is 604. The number of benzene rings is 2. The zero-order valence-corrected chi connectivity index (χ0v) is 12.5. The van der Waals surface area contributed by atoms with Gasteiger partial charge in [0, 0.05) is 14.3 Å². The van der Waals surface area contributed by atoms with Gasteiger partial charge >= 0.3 is 6.03 Å². The lowest BCUT2D eigenvalue weighted by Gasteiger charge is -2.09. The molecule has 0 atom stereocenters. The number of halogens is 3. The van der Waals surface area contributed by atoms with Gasteiger partial charge in [-0.2, -0.15) is 0 Å². The molecule has 0 aromatic heterocycles. The van der Waals surface area contributed by atoms with Crippen molar-refractivity contribution in [2.45, 2.75) is 0 Å². The average Bonchev–Trinajstić information content (AvgIpc) is 2.36. The number of anilines is 2. The molecule has 19 heavy (non-hydrogen) atoms. The monoisotopic (exact) mass is 390 g/mol. The number of carbonyl (C=O) groups is 1. The van der Waals surface area contributed by atoms with Gasteiger partial charge < -0.3 is 10.6 Å². The van der Waals surface area contributed by atoms with Crippen molar-refractivity contribution in [2.24, 2.45) is 0 Å². The Morgan fingerprint density at radius 2 is 1.79 bits per heavy atom. The minimum Gasteiger partial charge on any atom is -0.308 e. The molecular weight excluding hydrogens is 382 g/mol. The van der Waals surface area contributed by atoms with Crippen LogP contribution >= 0.6 is 34.2 Å². The lowest BCUT2D eigenvalue weighted by molar-refractivity contribution is 0.262. The first-order valence-corrected chi connectivity index (χ1v) is 6.79. The minimum absolute atomic E-state index is 0.349. The Kier molecular flexibility index (Phi) is 4.60. The van der Waals surface area contributed by atoms with E-state index in [4.69, 9.17) is 11.6 Å². The van der Waals surface area contributed by atoms with Gasteiger partial charge in [0.1, 0.15) is 5.82 Å². The summed E-state index contributed by atoms with van der Waals surface area (Å²) in [6, 6.07) is 10.3. The second-order valence-corrected chi connectivity index (χ2v) is 5.31. The molecular formula is C13H9ClFIN2O. The van der Waals surface area contributed by atoms with Crippen molar-refractivity contribution in [3.63, 3.8) is 0 Å². The van der Waals surface area contributed by atoms with Gasteiger partial charge in [-0.25, -0.2) is 9.18 Å². The molecule has 0 aliphatic carbocycles. The summed E-state index contributed by atoms with van der Waals surface area (Å²) >= 11 is 7.91. The predicted molar refractivity (Wildman–Crippen MR) is 83.2 cm³/mol. The van der Waals surface area contributed by atoms with E-state index in [1.165, 1.54) is 24.3 Å². The lowest BCUT2D eigenvalue weighted by atomic mass is 10.3. The van der Waals surface area contributed by atoms with Crippen LogP contribution in [0.2, 0.25) is 5.02 Å². The maximum Gasteiger partial charge on any atom is 0.323 e. The molecule has 2 amide bonds. The first-order chi connectivity index (χ1) is 9.04. The highest BCUT2D eigenvalue weighted by molar-refractivity contribution is 14.1. The fraction of sp³-hybridized carbons (Fsp3) is 0. The van der Waals surface area contributed by atoms with Crippen LogP contribution in [0.4, 0.5) is 20.6 Å². The molecule has 0 aliphatic heterocycles. The molecule has 0 saturated heterocycles. The lowest BCUT2D eigenvalue weighted by Crippen LogP contribution is -2.19. The van der Waals surface area contributed by atoms with E-state index in [1.54, 1.807) is 18.2 Å². The van der Waals surface area contributed by atoms with Crippen LogP contribution in [-0.4, -0.2) is 6.03 Å². The molecule has 0 heterocycles. The number of nitrogens with one attached hydrogen (secondary N) is 2. The van der Waals surface area contributed by atoms with Crippen molar-refractivity contribution < 1.29 is 9.18 Å². The molecule has 0 fully saturated rings. The average molecular weight is 391 g/mol. The number of hydrogen-bond acceptors (Lipinski definition) is 1. The van der Waals surface area contributed by atoms with Crippen molar-refractivity contribution in [1.82, 2.24) is 0 Å². The van der Waals surface area contributed by atoms with Crippen LogP contribution in [0.25, 0.3) is 0 Å². The second-order valence-electron chi connectivity index (χ2n) is 3.71. The van der Waals surface area contributed by atoms with Crippen LogP contribution in [0.15, 0.2) is 42.5 Å². The summed E-state index contributed by atoms with van der Waals surface area (Å²) in [4.78, 5) is 11.8. The molecule has 0 bridgehead atoms. The SMILES string of the molecule is O=C(Nc1ccc(F)cc1)Nc1ccc(Cl)cc1I. The van der Waals surface area contributed by atoms with Gasteiger partial charge in [0.05, 0.1) is 5.69 Å². The van der Waals surface area contributed by atoms with Gasteiger partial charge in [-0.1, -0.05) is 11.6 Å². The number of urea groups is 1. The van der Waals surface area contributed by atoms with Crippen molar-refractivity contribution in [2.75, 3.05) is 10.6 Å². The van der Waals surface area contributed by atoms with E-state index in [0.717, 1.165) is 3.57 Å². The summed E-state index contributed by atoms with van der Waals surface area (Å²) in [5, 5.41) is 5.90. The Labute approximate surface area is 128 Å². The van der Waals surface area contributed by atoms with E-state index in [0.29, 0.717) is 16.4 Å². The van der Waals surface area contributed by atoms with Crippen LogP contribution in [0.3, 0.4) is 0 Å². The van der Waals surface area contributed by atoms with Crippen LogP contribution in [-0.2, 0) is 0 Å². The van der Waals surface area contributed by atoms with Gasteiger partial charge in [-0.05, 0) is 65.1 Å². The number of amides is 2. The second kappa shape index (κ2) is 6.21. The highest BCUT2D eigenvalue weighted by Gasteiger charge is 2.06. The molecule has 3 nitrogen and oxygen atoms in total. The highest BCUT2D eigenvalue weighted by Crippen LogP contribution is 2.22. The Hall–Kier alpha value is -1.34. The zero-order chi connectivity index (χ0) is 13.8. The molecule has 0 saturated carbocycles. The van der Waals surface area contributed by atoms with Crippen LogP contribution in [0, 0.1) is 9.39 Å². The summed E-state index contributed by atoms with van der Waals surface area (Å²) in [6.07, 6.45) is 0. The number of rotatable bonds is 2. The van der Waals surface area contributed by atoms with Gasteiger partial charge in [0.2, 0.25) is 0 Å². The molecule has 98 valence electrons. The molecule has 2 aromatic rings. The van der Waals surface area contributed by atoms with Crippen LogP contribution < -0.4 is 10.6 Å². The first kappa shape index (κ1) is 14.1. The standard InChI is InChI=1S/C13H9ClFIN2O/c14-8-1-6-12(11(16)7-8)18-13(19)17-10-4-2-9(15)3-5-10/h1-7H,(H2,17,18,19). The fourth-order valence-corrected chi connectivity index (χ4v) is 2.42. The zero-order valence-electron chi connectivity index (χ0n) is 9.58. The van der Waals surface area contributed by atoms with Crippen LogP contribution in [0.1, 0.15) is 0 Å². The van der Waals surface area contributed by atoms with Crippen molar-refractivity contribution in [3.8, 4) is 0 Å². The van der Waals surface area contributed by atoms with Crippen molar-refractivity contribution in [3.05, 3.63) is 56.9 Å². The van der Waals surface area contributed by atoms with Gasteiger partial charge in [0.25, 0.3) is 0 Å².